The van der Waals surface area contributed by atoms with Crippen molar-refractivity contribution in [2.45, 2.75) is 32.3 Å². The molecule has 2 heteroatoms. The quantitative estimate of drug-likeness (QED) is 0.522. The van der Waals surface area contributed by atoms with Gasteiger partial charge in [-0.2, -0.15) is 0 Å². The zero-order valence-electron chi connectivity index (χ0n) is 7.59. The molecule has 0 amide bonds. The highest BCUT2D eigenvalue weighted by molar-refractivity contribution is 6.19. The highest BCUT2D eigenvalue weighted by atomic mass is 35.5. The molecule has 3 atom stereocenters. The number of halogens is 1. The van der Waals surface area contributed by atoms with Gasteiger partial charge in [-0.1, -0.05) is 19.1 Å². The number of aliphatic hydroxyl groups excluding tert-OH is 1. The summed E-state index contributed by atoms with van der Waals surface area (Å²) >= 11 is 5.68. The van der Waals surface area contributed by atoms with Crippen LogP contribution in [0.3, 0.4) is 0 Å². The van der Waals surface area contributed by atoms with Gasteiger partial charge in [0.1, 0.15) is 0 Å². The monoisotopic (exact) mass is 188 g/mol. The third-order valence-electron chi connectivity index (χ3n) is 2.77. The van der Waals surface area contributed by atoms with Crippen LogP contribution in [0.2, 0.25) is 0 Å². The first-order valence-corrected chi connectivity index (χ1v) is 5.10. The van der Waals surface area contributed by atoms with Crippen LogP contribution < -0.4 is 0 Å². The molecule has 1 N–H and O–H groups in total. The van der Waals surface area contributed by atoms with Crippen LogP contribution in [-0.4, -0.2) is 17.1 Å². The predicted molar refractivity (Wildman–Crippen MR) is 52.4 cm³/mol. The van der Waals surface area contributed by atoms with Crippen LogP contribution >= 0.6 is 11.6 Å². The van der Waals surface area contributed by atoms with Gasteiger partial charge in [0.2, 0.25) is 0 Å². The van der Waals surface area contributed by atoms with Gasteiger partial charge < -0.3 is 5.11 Å². The molecule has 0 aromatic heterocycles. The second-order valence-corrected chi connectivity index (χ2v) is 4.15. The molecule has 0 aromatic carbocycles. The van der Waals surface area contributed by atoms with E-state index in [0.717, 1.165) is 18.4 Å². The lowest BCUT2D eigenvalue weighted by atomic mass is 9.78. The summed E-state index contributed by atoms with van der Waals surface area (Å²) in [7, 11) is 0. The Balaban J connectivity index is 2.50. The standard InChI is InChI=1S/C10H17ClO/c1-7-3-4-9(8(2)6-11)10(12)5-7/h7,9-10,12H,2-6H2,1H3/t7-,9+,10-/m1/s1. The van der Waals surface area contributed by atoms with E-state index in [4.69, 9.17) is 11.6 Å². The van der Waals surface area contributed by atoms with Gasteiger partial charge in [-0.25, -0.2) is 0 Å². The van der Waals surface area contributed by atoms with E-state index in [1.165, 1.54) is 6.42 Å². The fourth-order valence-electron chi connectivity index (χ4n) is 1.93. The van der Waals surface area contributed by atoms with Crippen molar-refractivity contribution in [2.24, 2.45) is 11.8 Å². The molecule has 1 saturated carbocycles. The van der Waals surface area contributed by atoms with Crippen molar-refractivity contribution < 1.29 is 5.11 Å². The third kappa shape index (κ3) is 2.24. The summed E-state index contributed by atoms with van der Waals surface area (Å²) in [5.74, 6) is 1.38. The van der Waals surface area contributed by atoms with Gasteiger partial charge >= 0.3 is 0 Å². The Labute approximate surface area is 79.4 Å². The van der Waals surface area contributed by atoms with Gasteiger partial charge in [0, 0.05) is 11.8 Å². The van der Waals surface area contributed by atoms with E-state index >= 15 is 0 Å². The largest absolute Gasteiger partial charge is 0.392 e. The molecule has 0 unspecified atom stereocenters. The van der Waals surface area contributed by atoms with Crippen molar-refractivity contribution in [3.63, 3.8) is 0 Å². The van der Waals surface area contributed by atoms with Gasteiger partial charge in [0.25, 0.3) is 0 Å². The summed E-state index contributed by atoms with van der Waals surface area (Å²) in [6, 6.07) is 0. The first-order valence-electron chi connectivity index (χ1n) is 4.56. The molecule has 1 fully saturated rings. The molecule has 1 rings (SSSR count). The zero-order chi connectivity index (χ0) is 9.14. The molecule has 0 spiro atoms. The summed E-state index contributed by atoms with van der Waals surface area (Å²) in [5, 5.41) is 9.72. The van der Waals surface area contributed by atoms with E-state index in [0.29, 0.717) is 11.8 Å². The molecule has 0 radical (unpaired) electrons. The minimum absolute atomic E-state index is 0.208. The van der Waals surface area contributed by atoms with E-state index in [1.807, 2.05) is 0 Å². The first-order chi connectivity index (χ1) is 5.65. The molecule has 0 bridgehead atoms. The van der Waals surface area contributed by atoms with Crippen LogP contribution in [0.25, 0.3) is 0 Å². The van der Waals surface area contributed by atoms with Crippen LogP contribution in [0.15, 0.2) is 12.2 Å². The van der Waals surface area contributed by atoms with Crippen LogP contribution in [0.5, 0.6) is 0 Å². The van der Waals surface area contributed by atoms with Crippen LogP contribution in [0.1, 0.15) is 26.2 Å². The third-order valence-corrected chi connectivity index (χ3v) is 3.12. The average Bonchev–Trinajstić information content (AvgIpc) is 2.03. The predicted octanol–water partition coefficient (Wildman–Crippen LogP) is 2.58. The fourth-order valence-corrected chi connectivity index (χ4v) is 2.12. The summed E-state index contributed by atoms with van der Waals surface area (Å²) in [6.45, 7) is 6.06. The van der Waals surface area contributed by atoms with E-state index in [-0.39, 0.29) is 12.0 Å². The molecule has 1 aliphatic carbocycles. The van der Waals surface area contributed by atoms with E-state index in [2.05, 4.69) is 13.5 Å². The van der Waals surface area contributed by atoms with Crippen LogP contribution in [0.4, 0.5) is 0 Å². The molecule has 1 aliphatic rings. The van der Waals surface area contributed by atoms with Crippen LogP contribution in [0, 0.1) is 11.8 Å². The lowest BCUT2D eigenvalue weighted by molar-refractivity contribution is 0.0658. The number of aliphatic hydroxyl groups is 1. The second-order valence-electron chi connectivity index (χ2n) is 3.88. The molecule has 0 saturated heterocycles. The van der Waals surface area contributed by atoms with Gasteiger partial charge in [-0.3, -0.25) is 0 Å². The molecule has 0 aliphatic heterocycles. The summed E-state index contributed by atoms with van der Waals surface area (Å²) in [5.41, 5.74) is 0.996. The SMILES string of the molecule is C=C(CCl)[C@@H]1CC[C@@H](C)C[C@H]1O. The van der Waals surface area contributed by atoms with Gasteiger partial charge in [-0.05, 0) is 25.2 Å². The average molecular weight is 189 g/mol. The van der Waals surface area contributed by atoms with Gasteiger partial charge in [0.15, 0.2) is 0 Å². The Morgan fingerprint density at radius 3 is 2.75 bits per heavy atom. The number of alkyl halides is 1. The second kappa shape index (κ2) is 4.29. The van der Waals surface area contributed by atoms with E-state index in [9.17, 15) is 5.11 Å². The lowest BCUT2D eigenvalue weighted by Crippen LogP contribution is -2.29. The first kappa shape index (κ1) is 10.1. The fraction of sp³-hybridized carbons (Fsp3) is 0.800. The highest BCUT2D eigenvalue weighted by Crippen LogP contribution is 2.32. The Morgan fingerprint density at radius 1 is 1.58 bits per heavy atom. The minimum atomic E-state index is -0.208. The van der Waals surface area contributed by atoms with Crippen molar-refractivity contribution in [1.29, 1.82) is 0 Å². The van der Waals surface area contributed by atoms with E-state index in [1.54, 1.807) is 0 Å². The van der Waals surface area contributed by atoms with Gasteiger partial charge in [0.05, 0.1) is 6.10 Å². The maximum Gasteiger partial charge on any atom is 0.0608 e. The maximum absolute atomic E-state index is 9.72. The molecule has 70 valence electrons. The maximum atomic E-state index is 9.72. The van der Waals surface area contributed by atoms with Crippen molar-refractivity contribution in [3.05, 3.63) is 12.2 Å². The van der Waals surface area contributed by atoms with Crippen molar-refractivity contribution in [1.82, 2.24) is 0 Å². The molecular formula is C10H17ClO. The van der Waals surface area contributed by atoms with Crippen molar-refractivity contribution in [3.8, 4) is 0 Å². The Morgan fingerprint density at radius 2 is 2.25 bits per heavy atom. The van der Waals surface area contributed by atoms with Crippen LogP contribution in [-0.2, 0) is 0 Å². The Kier molecular flexibility index (Phi) is 3.60. The molecule has 12 heavy (non-hydrogen) atoms. The molecule has 1 nitrogen and oxygen atoms in total. The normalized spacial score (nSPS) is 36.4. The summed E-state index contributed by atoms with van der Waals surface area (Å²) < 4.78 is 0. The number of rotatable bonds is 2. The smallest absolute Gasteiger partial charge is 0.0608 e. The summed E-state index contributed by atoms with van der Waals surface area (Å²) in [6.07, 6.45) is 2.94. The Hall–Kier alpha value is -0.0100. The number of hydrogen-bond acceptors (Lipinski definition) is 1. The summed E-state index contributed by atoms with van der Waals surface area (Å²) in [4.78, 5) is 0. The highest BCUT2D eigenvalue weighted by Gasteiger charge is 2.28. The lowest BCUT2D eigenvalue weighted by Gasteiger charge is -2.32. The van der Waals surface area contributed by atoms with Crippen molar-refractivity contribution >= 4 is 11.6 Å². The van der Waals surface area contributed by atoms with E-state index < -0.39 is 0 Å². The molecular weight excluding hydrogens is 172 g/mol. The Bertz CT molecular complexity index is 167. The topological polar surface area (TPSA) is 20.2 Å². The van der Waals surface area contributed by atoms with Gasteiger partial charge in [-0.15, -0.1) is 11.6 Å². The molecule has 0 heterocycles. The zero-order valence-corrected chi connectivity index (χ0v) is 8.35. The minimum Gasteiger partial charge on any atom is -0.392 e. The van der Waals surface area contributed by atoms with Crippen molar-refractivity contribution in [2.75, 3.05) is 5.88 Å². The molecule has 0 aromatic rings. The number of hydrogen-bond donors (Lipinski definition) is 1.